The zero-order valence-electron chi connectivity index (χ0n) is 10.8. The largest absolute Gasteiger partial charge is 1.00 e. The minimum Gasteiger partial charge on any atom is -0.694 e. The van der Waals surface area contributed by atoms with E-state index in [-0.39, 0.29) is 18.9 Å². The van der Waals surface area contributed by atoms with Crippen LogP contribution in [0.4, 0.5) is 0 Å². The quantitative estimate of drug-likeness (QED) is 0.219. The van der Waals surface area contributed by atoms with Gasteiger partial charge in [-0.15, -0.1) is 0 Å². The maximum absolute atomic E-state index is 6.76. The molecule has 0 N–H and O–H groups in total. The molecule has 0 aliphatic rings. The molecular formula is C14H25Li. The van der Waals surface area contributed by atoms with E-state index in [1.807, 2.05) is 0 Å². The maximum atomic E-state index is 6.76. The van der Waals surface area contributed by atoms with E-state index in [1.165, 1.54) is 64.2 Å². The smallest absolute Gasteiger partial charge is 0.694 e. The van der Waals surface area contributed by atoms with E-state index < -0.39 is 0 Å². The molecule has 0 bridgehead atoms. The summed E-state index contributed by atoms with van der Waals surface area (Å²) in [6.45, 7) is 2.26. The Balaban J connectivity index is 0. The van der Waals surface area contributed by atoms with Crippen molar-refractivity contribution in [1.82, 2.24) is 0 Å². The number of hydrogen-bond donors (Lipinski definition) is 0. The van der Waals surface area contributed by atoms with Gasteiger partial charge in [0.05, 0.1) is 0 Å². The van der Waals surface area contributed by atoms with Crippen molar-refractivity contribution in [3.63, 3.8) is 0 Å². The van der Waals surface area contributed by atoms with Crippen LogP contribution in [0, 0.1) is 12.3 Å². The van der Waals surface area contributed by atoms with Gasteiger partial charge in [-0.05, 0) is 12.8 Å². The van der Waals surface area contributed by atoms with Crippen molar-refractivity contribution in [1.29, 1.82) is 0 Å². The standard InChI is InChI=1S/C14H25.Li/c1-3-5-7-9-11-13-14-12-10-8-6-4-2;/h3,5-14H2,1H3;/q-1;+1. The molecule has 15 heavy (non-hydrogen) atoms. The van der Waals surface area contributed by atoms with E-state index in [0.717, 1.165) is 6.42 Å². The fourth-order valence-electron chi connectivity index (χ4n) is 1.70. The molecule has 0 fully saturated rings. The van der Waals surface area contributed by atoms with Crippen LogP contribution in [0.5, 0.6) is 0 Å². The van der Waals surface area contributed by atoms with Gasteiger partial charge >= 0.3 is 18.9 Å². The van der Waals surface area contributed by atoms with Gasteiger partial charge in [0.25, 0.3) is 0 Å². The van der Waals surface area contributed by atoms with Crippen molar-refractivity contribution in [2.75, 3.05) is 0 Å². The summed E-state index contributed by atoms with van der Waals surface area (Å²) in [7, 11) is 0. The SMILES string of the molecule is [C-]#CCCCCCCCCCCCC.[Li+]. The third-order valence-corrected chi connectivity index (χ3v) is 2.66. The molecule has 0 unspecified atom stereocenters. The van der Waals surface area contributed by atoms with Gasteiger partial charge < -0.3 is 12.3 Å². The number of hydrogen-bond acceptors (Lipinski definition) is 0. The van der Waals surface area contributed by atoms with E-state index in [1.54, 1.807) is 0 Å². The van der Waals surface area contributed by atoms with Crippen molar-refractivity contribution < 1.29 is 18.9 Å². The molecule has 0 aromatic heterocycles. The molecular weight excluding hydrogens is 175 g/mol. The first-order chi connectivity index (χ1) is 6.91. The Kier molecular flexibility index (Phi) is 19.4. The topological polar surface area (TPSA) is 0 Å². The van der Waals surface area contributed by atoms with Crippen LogP contribution in [0.25, 0.3) is 0 Å². The van der Waals surface area contributed by atoms with Crippen LogP contribution in [0.2, 0.25) is 0 Å². The van der Waals surface area contributed by atoms with Gasteiger partial charge in [-0.3, -0.25) is 0 Å². The van der Waals surface area contributed by atoms with Gasteiger partial charge in [-0.2, -0.15) is 0 Å². The van der Waals surface area contributed by atoms with Gasteiger partial charge in [0, 0.05) is 0 Å². The van der Waals surface area contributed by atoms with Crippen LogP contribution >= 0.6 is 0 Å². The Hall–Kier alpha value is 0.157. The van der Waals surface area contributed by atoms with Gasteiger partial charge in [0.2, 0.25) is 0 Å². The first-order valence-electron chi connectivity index (χ1n) is 6.31. The van der Waals surface area contributed by atoms with Crippen LogP contribution in [0.15, 0.2) is 0 Å². The van der Waals surface area contributed by atoms with E-state index in [9.17, 15) is 0 Å². The predicted octanol–water partition coefficient (Wildman–Crippen LogP) is 1.89. The fourth-order valence-corrected chi connectivity index (χ4v) is 1.70. The average Bonchev–Trinajstić information content (AvgIpc) is 2.21. The molecule has 0 saturated heterocycles. The second-order valence-corrected chi connectivity index (χ2v) is 4.11. The molecule has 0 heterocycles. The normalized spacial score (nSPS) is 9.33. The third kappa shape index (κ3) is 16.8. The molecule has 0 rings (SSSR count). The summed E-state index contributed by atoms with van der Waals surface area (Å²) < 4.78 is 0. The average molecular weight is 200 g/mol. The Labute approximate surface area is 109 Å². The third-order valence-electron chi connectivity index (χ3n) is 2.66. The van der Waals surface area contributed by atoms with Crippen LogP contribution in [0.1, 0.15) is 77.6 Å². The zero-order chi connectivity index (χ0) is 10.5. The molecule has 1 heteroatoms. The first kappa shape index (κ1) is 17.5. The second kappa shape index (κ2) is 16.6. The molecule has 0 aromatic carbocycles. The molecule has 0 aromatic rings. The molecule has 0 aliphatic carbocycles. The minimum atomic E-state index is 0. The van der Waals surface area contributed by atoms with Crippen LogP contribution in [-0.4, -0.2) is 0 Å². The zero-order valence-corrected chi connectivity index (χ0v) is 10.8. The summed E-state index contributed by atoms with van der Waals surface area (Å²) in [6.07, 6.45) is 21.3. The molecule has 82 valence electrons. The summed E-state index contributed by atoms with van der Waals surface area (Å²) in [6, 6.07) is 0. The minimum absolute atomic E-state index is 0. The van der Waals surface area contributed by atoms with Gasteiger partial charge in [0.15, 0.2) is 0 Å². The van der Waals surface area contributed by atoms with E-state index in [2.05, 4.69) is 12.8 Å². The number of unbranched alkanes of at least 4 members (excludes halogenated alkanes) is 10. The van der Waals surface area contributed by atoms with Crippen molar-refractivity contribution >= 4 is 0 Å². The Bertz CT molecular complexity index is 135. The van der Waals surface area contributed by atoms with E-state index >= 15 is 0 Å². The fraction of sp³-hybridized carbons (Fsp3) is 0.857. The van der Waals surface area contributed by atoms with Gasteiger partial charge in [-0.1, -0.05) is 64.7 Å². The molecule has 0 spiro atoms. The number of rotatable bonds is 10. The van der Waals surface area contributed by atoms with Crippen LogP contribution in [-0.2, 0) is 0 Å². The van der Waals surface area contributed by atoms with Crippen LogP contribution < -0.4 is 18.9 Å². The molecule has 0 radical (unpaired) electrons. The summed E-state index contributed by atoms with van der Waals surface area (Å²) in [5.74, 6) is 2.44. The Morgan fingerprint density at radius 3 is 1.53 bits per heavy atom. The molecule has 0 atom stereocenters. The summed E-state index contributed by atoms with van der Waals surface area (Å²) in [5, 5.41) is 0. The monoisotopic (exact) mass is 200 g/mol. The molecule has 0 nitrogen and oxygen atoms in total. The van der Waals surface area contributed by atoms with Crippen molar-refractivity contribution in [3.8, 4) is 5.92 Å². The van der Waals surface area contributed by atoms with Crippen LogP contribution in [0.3, 0.4) is 0 Å². The molecule has 0 aliphatic heterocycles. The van der Waals surface area contributed by atoms with E-state index in [4.69, 9.17) is 6.42 Å². The Morgan fingerprint density at radius 2 is 1.13 bits per heavy atom. The summed E-state index contributed by atoms with van der Waals surface area (Å²) >= 11 is 0. The predicted molar refractivity (Wildman–Crippen MR) is 63.6 cm³/mol. The maximum Gasteiger partial charge on any atom is 1.00 e. The summed E-state index contributed by atoms with van der Waals surface area (Å²) in [4.78, 5) is 0. The van der Waals surface area contributed by atoms with Gasteiger partial charge in [-0.25, -0.2) is 0 Å². The second-order valence-electron chi connectivity index (χ2n) is 4.11. The van der Waals surface area contributed by atoms with Gasteiger partial charge in [0.1, 0.15) is 0 Å². The van der Waals surface area contributed by atoms with E-state index in [0.29, 0.717) is 0 Å². The Morgan fingerprint density at radius 1 is 0.733 bits per heavy atom. The van der Waals surface area contributed by atoms with Crippen molar-refractivity contribution in [3.05, 3.63) is 6.42 Å². The molecule has 0 amide bonds. The molecule has 0 saturated carbocycles. The first-order valence-corrected chi connectivity index (χ1v) is 6.31. The van der Waals surface area contributed by atoms with Crippen molar-refractivity contribution in [2.24, 2.45) is 0 Å². The van der Waals surface area contributed by atoms with Crippen molar-refractivity contribution in [2.45, 2.75) is 77.6 Å². The summed E-state index contributed by atoms with van der Waals surface area (Å²) in [5.41, 5.74) is 0.